The van der Waals surface area contributed by atoms with Crippen LogP contribution >= 0.6 is 23.2 Å². The molecule has 3 nitrogen and oxygen atoms in total. The highest BCUT2D eigenvalue weighted by Crippen LogP contribution is 2.25. The molecule has 1 unspecified atom stereocenters. The van der Waals surface area contributed by atoms with Crippen molar-refractivity contribution in [1.29, 1.82) is 0 Å². The quantitative estimate of drug-likeness (QED) is 0.891. The van der Waals surface area contributed by atoms with Crippen LogP contribution in [0.4, 0.5) is 0 Å². The van der Waals surface area contributed by atoms with Crippen molar-refractivity contribution in [1.82, 2.24) is 5.32 Å². The van der Waals surface area contributed by atoms with Crippen LogP contribution in [-0.4, -0.2) is 11.4 Å². The predicted octanol–water partition coefficient (Wildman–Crippen LogP) is 2.91. The van der Waals surface area contributed by atoms with Crippen LogP contribution in [0.25, 0.3) is 0 Å². The topological polar surface area (TPSA) is 55.1 Å². The molecular weight excluding hydrogens is 259 g/mol. The highest BCUT2D eigenvalue weighted by molar-refractivity contribution is 6.42. The van der Waals surface area contributed by atoms with Crippen molar-refractivity contribution in [2.45, 2.75) is 32.4 Å². The summed E-state index contributed by atoms with van der Waals surface area (Å²) in [5.74, 6) is -0.212. The molecule has 3 N–H and O–H groups in total. The molecule has 0 aliphatic rings. The van der Waals surface area contributed by atoms with E-state index in [1.807, 2.05) is 13.0 Å². The third-order valence-electron chi connectivity index (χ3n) is 2.38. The SMILES string of the molecule is CC(NC(=O)C(C)(C)N)c1ccc(Cl)c(Cl)c1. The Morgan fingerprint density at radius 1 is 1.35 bits per heavy atom. The van der Waals surface area contributed by atoms with Gasteiger partial charge in [-0.3, -0.25) is 4.79 Å². The van der Waals surface area contributed by atoms with Crippen LogP contribution in [0.3, 0.4) is 0 Å². The van der Waals surface area contributed by atoms with Crippen LogP contribution in [0.5, 0.6) is 0 Å². The third-order valence-corrected chi connectivity index (χ3v) is 3.12. The van der Waals surface area contributed by atoms with Crippen molar-refractivity contribution in [2.24, 2.45) is 5.73 Å². The van der Waals surface area contributed by atoms with Gasteiger partial charge in [-0.1, -0.05) is 29.3 Å². The third kappa shape index (κ3) is 3.87. The summed E-state index contributed by atoms with van der Waals surface area (Å²) >= 11 is 11.7. The van der Waals surface area contributed by atoms with E-state index in [0.29, 0.717) is 10.0 Å². The minimum Gasteiger partial charge on any atom is -0.348 e. The molecule has 5 heteroatoms. The summed E-state index contributed by atoms with van der Waals surface area (Å²) in [6.07, 6.45) is 0. The summed E-state index contributed by atoms with van der Waals surface area (Å²) in [6, 6.07) is 5.09. The van der Waals surface area contributed by atoms with Gasteiger partial charge < -0.3 is 11.1 Å². The van der Waals surface area contributed by atoms with Gasteiger partial charge in [0.25, 0.3) is 0 Å². The van der Waals surface area contributed by atoms with Gasteiger partial charge in [0.05, 0.1) is 21.6 Å². The highest BCUT2D eigenvalue weighted by atomic mass is 35.5. The molecule has 0 heterocycles. The van der Waals surface area contributed by atoms with Crippen LogP contribution in [0.1, 0.15) is 32.4 Å². The van der Waals surface area contributed by atoms with Gasteiger partial charge in [0.1, 0.15) is 0 Å². The lowest BCUT2D eigenvalue weighted by Gasteiger charge is -2.22. The van der Waals surface area contributed by atoms with E-state index in [2.05, 4.69) is 5.32 Å². The van der Waals surface area contributed by atoms with Crippen molar-refractivity contribution < 1.29 is 4.79 Å². The summed E-state index contributed by atoms with van der Waals surface area (Å²) in [6.45, 7) is 5.18. The Balaban J connectivity index is 2.80. The fraction of sp³-hybridized carbons (Fsp3) is 0.417. The minimum absolute atomic E-state index is 0.167. The van der Waals surface area contributed by atoms with Gasteiger partial charge in [-0.15, -0.1) is 0 Å². The number of hydrogen-bond acceptors (Lipinski definition) is 2. The number of halogens is 2. The van der Waals surface area contributed by atoms with Crippen LogP contribution < -0.4 is 11.1 Å². The zero-order valence-electron chi connectivity index (χ0n) is 10.1. The van der Waals surface area contributed by atoms with E-state index in [0.717, 1.165) is 5.56 Å². The van der Waals surface area contributed by atoms with Gasteiger partial charge in [0.2, 0.25) is 5.91 Å². The average molecular weight is 275 g/mol. The molecule has 0 fully saturated rings. The number of nitrogens with two attached hydrogens (primary N) is 1. The summed E-state index contributed by atoms with van der Waals surface area (Å²) in [5, 5.41) is 3.78. The first-order valence-corrected chi connectivity index (χ1v) is 6.02. The molecule has 17 heavy (non-hydrogen) atoms. The molecule has 0 spiro atoms. The van der Waals surface area contributed by atoms with Crippen LogP contribution in [0.15, 0.2) is 18.2 Å². The molecule has 0 bridgehead atoms. The molecule has 0 aliphatic heterocycles. The van der Waals surface area contributed by atoms with E-state index in [4.69, 9.17) is 28.9 Å². The molecule has 1 aromatic carbocycles. The fourth-order valence-corrected chi connectivity index (χ4v) is 1.55. The highest BCUT2D eigenvalue weighted by Gasteiger charge is 2.23. The lowest BCUT2D eigenvalue weighted by atomic mass is 10.0. The molecule has 1 amide bonds. The molecule has 1 aromatic rings. The van der Waals surface area contributed by atoms with Gasteiger partial charge in [-0.05, 0) is 38.5 Å². The normalized spacial score (nSPS) is 13.3. The second-order valence-corrected chi connectivity index (χ2v) is 5.40. The number of nitrogens with one attached hydrogen (secondary N) is 1. The van der Waals surface area contributed by atoms with Crippen molar-refractivity contribution in [3.63, 3.8) is 0 Å². The predicted molar refractivity (Wildman–Crippen MR) is 71.3 cm³/mol. The molecule has 1 rings (SSSR count). The van der Waals surface area contributed by atoms with Crippen LogP contribution in [0, 0.1) is 0 Å². The molecule has 0 aliphatic carbocycles. The van der Waals surface area contributed by atoms with E-state index < -0.39 is 5.54 Å². The zero-order valence-corrected chi connectivity index (χ0v) is 11.6. The number of carbonyl (C=O) groups excluding carboxylic acids is 1. The van der Waals surface area contributed by atoms with E-state index in [9.17, 15) is 4.79 Å². The first-order valence-electron chi connectivity index (χ1n) is 5.26. The van der Waals surface area contributed by atoms with Gasteiger partial charge in [0, 0.05) is 0 Å². The van der Waals surface area contributed by atoms with Crippen LogP contribution in [0.2, 0.25) is 10.0 Å². The standard InChI is InChI=1S/C12H16Cl2N2O/c1-7(16-11(17)12(2,3)15)8-4-5-9(13)10(14)6-8/h4-7H,15H2,1-3H3,(H,16,17). The Kier molecular flexibility index (Phi) is 4.42. The van der Waals surface area contributed by atoms with Crippen LogP contribution in [-0.2, 0) is 4.79 Å². The maximum absolute atomic E-state index is 11.7. The maximum atomic E-state index is 11.7. The summed E-state index contributed by atoms with van der Waals surface area (Å²) in [4.78, 5) is 11.7. The Morgan fingerprint density at radius 2 is 1.94 bits per heavy atom. The number of hydrogen-bond donors (Lipinski definition) is 2. The van der Waals surface area contributed by atoms with E-state index >= 15 is 0 Å². The summed E-state index contributed by atoms with van der Waals surface area (Å²) in [7, 11) is 0. The molecule has 0 aromatic heterocycles. The molecular formula is C12H16Cl2N2O. The number of amides is 1. The second-order valence-electron chi connectivity index (χ2n) is 4.59. The van der Waals surface area contributed by atoms with E-state index in [1.54, 1.807) is 26.0 Å². The van der Waals surface area contributed by atoms with Gasteiger partial charge >= 0.3 is 0 Å². The van der Waals surface area contributed by atoms with Crippen molar-refractivity contribution in [3.8, 4) is 0 Å². The minimum atomic E-state index is -0.898. The molecule has 0 radical (unpaired) electrons. The Labute approximate surface area is 111 Å². The lowest BCUT2D eigenvalue weighted by Crippen LogP contribution is -2.49. The van der Waals surface area contributed by atoms with E-state index in [-0.39, 0.29) is 11.9 Å². The Morgan fingerprint density at radius 3 is 2.41 bits per heavy atom. The zero-order chi connectivity index (χ0) is 13.2. The van der Waals surface area contributed by atoms with Crippen molar-refractivity contribution >= 4 is 29.1 Å². The monoisotopic (exact) mass is 274 g/mol. The molecule has 1 atom stereocenters. The number of rotatable bonds is 3. The fourth-order valence-electron chi connectivity index (χ4n) is 1.25. The van der Waals surface area contributed by atoms with Gasteiger partial charge in [0.15, 0.2) is 0 Å². The number of benzene rings is 1. The molecule has 0 saturated carbocycles. The first-order chi connectivity index (χ1) is 7.71. The molecule has 94 valence electrons. The Hall–Kier alpha value is -0.770. The van der Waals surface area contributed by atoms with Crippen molar-refractivity contribution in [3.05, 3.63) is 33.8 Å². The maximum Gasteiger partial charge on any atom is 0.239 e. The largest absolute Gasteiger partial charge is 0.348 e. The molecule has 0 saturated heterocycles. The average Bonchev–Trinajstić information content (AvgIpc) is 2.20. The smallest absolute Gasteiger partial charge is 0.239 e. The summed E-state index contributed by atoms with van der Waals surface area (Å²) < 4.78 is 0. The summed E-state index contributed by atoms with van der Waals surface area (Å²) in [5.41, 5.74) is 5.69. The second kappa shape index (κ2) is 5.25. The van der Waals surface area contributed by atoms with Gasteiger partial charge in [-0.25, -0.2) is 0 Å². The number of carbonyl (C=O) groups is 1. The van der Waals surface area contributed by atoms with E-state index in [1.165, 1.54) is 0 Å². The first kappa shape index (κ1) is 14.3. The van der Waals surface area contributed by atoms with Crippen molar-refractivity contribution in [2.75, 3.05) is 0 Å². The lowest BCUT2D eigenvalue weighted by molar-refractivity contribution is -0.125. The van der Waals surface area contributed by atoms with Gasteiger partial charge in [-0.2, -0.15) is 0 Å². The Bertz CT molecular complexity index is 427.